The molecule has 0 amide bonds. The van der Waals surface area contributed by atoms with Gasteiger partial charge in [-0.15, -0.1) is 0 Å². The third-order valence-electron chi connectivity index (χ3n) is 7.01. The van der Waals surface area contributed by atoms with E-state index in [0.29, 0.717) is 29.4 Å². The first kappa shape index (κ1) is 29.5. The standard InChI is InChI=1S/C33H44O5/c1-3-5-7-8-9-11-25-36-29-21-15-27(16-22-29)32(34)38-31-23-17-28(18-24-31)33(35)37-30-19-13-26(14-20-30)12-10-6-4-2/h10,12,15-18,21-24,26,30H,3-9,11,13-14,19-20,25H2,1-2H3/b12-10+. The molecule has 206 valence electrons. The van der Waals surface area contributed by atoms with Gasteiger partial charge in [-0.25, -0.2) is 9.59 Å². The SMILES string of the molecule is CCC/C=C/C1CCC(OC(=O)c2ccc(OC(=O)c3ccc(OCCCCCCCC)cc3)cc2)CC1. The monoisotopic (exact) mass is 520 g/mol. The van der Waals surface area contributed by atoms with Gasteiger partial charge in [0.25, 0.3) is 0 Å². The predicted molar refractivity (Wildman–Crippen MR) is 152 cm³/mol. The largest absolute Gasteiger partial charge is 0.494 e. The molecule has 0 heterocycles. The summed E-state index contributed by atoms with van der Waals surface area (Å²) in [5.41, 5.74) is 0.905. The number of carbonyl (C=O) groups is 2. The normalized spacial score (nSPS) is 17.3. The molecule has 0 radical (unpaired) electrons. The first-order chi connectivity index (χ1) is 18.6. The van der Waals surface area contributed by atoms with E-state index in [2.05, 4.69) is 26.0 Å². The zero-order chi connectivity index (χ0) is 27.0. The highest BCUT2D eigenvalue weighted by Crippen LogP contribution is 2.28. The molecule has 5 heteroatoms. The molecule has 0 aromatic heterocycles. The summed E-state index contributed by atoms with van der Waals surface area (Å²) in [6, 6.07) is 13.5. The number of allylic oxidation sites excluding steroid dienone is 2. The molecule has 2 aromatic rings. The maximum atomic E-state index is 12.6. The van der Waals surface area contributed by atoms with Crippen LogP contribution in [0.25, 0.3) is 0 Å². The second-order valence-corrected chi connectivity index (χ2v) is 10.2. The molecule has 38 heavy (non-hydrogen) atoms. The lowest BCUT2D eigenvalue weighted by molar-refractivity contribution is 0.0184. The summed E-state index contributed by atoms with van der Waals surface area (Å²) < 4.78 is 17.0. The van der Waals surface area contributed by atoms with Gasteiger partial charge in [-0.1, -0.05) is 64.5 Å². The number of unbranched alkanes of at least 4 members (excludes halogenated alkanes) is 6. The molecule has 5 nitrogen and oxygen atoms in total. The van der Waals surface area contributed by atoms with Crippen molar-refractivity contribution in [2.75, 3.05) is 6.61 Å². The van der Waals surface area contributed by atoms with Crippen LogP contribution in [0.3, 0.4) is 0 Å². The number of hydrogen-bond acceptors (Lipinski definition) is 5. The van der Waals surface area contributed by atoms with Crippen LogP contribution in [0.2, 0.25) is 0 Å². The van der Waals surface area contributed by atoms with E-state index in [-0.39, 0.29) is 12.1 Å². The van der Waals surface area contributed by atoms with Gasteiger partial charge in [0.2, 0.25) is 0 Å². The summed E-state index contributed by atoms with van der Waals surface area (Å²) in [5.74, 6) is 0.949. The minimum Gasteiger partial charge on any atom is -0.494 e. The summed E-state index contributed by atoms with van der Waals surface area (Å²) >= 11 is 0. The fourth-order valence-corrected chi connectivity index (χ4v) is 4.66. The van der Waals surface area contributed by atoms with Gasteiger partial charge in [0.05, 0.1) is 17.7 Å². The summed E-state index contributed by atoms with van der Waals surface area (Å²) in [6.07, 6.45) is 18.1. The zero-order valence-electron chi connectivity index (χ0n) is 23.2. The van der Waals surface area contributed by atoms with Crippen LogP contribution in [0, 0.1) is 5.92 Å². The van der Waals surface area contributed by atoms with Crippen molar-refractivity contribution in [2.45, 2.75) is 97.0 Å². The highest BCUT2D eigenvalue weighted by atomic mass is 16.5. The first-order valence-electron chi connectivity index (χ1n) is 14.5. The van der Waals surface area contributed by atoms with Crippen molar-refractivity contribution in [3.8, 4) is 11.5 Å². The van der Waals surface area contributed by atoms with Crippen LogP contribution in [-0.2, 0) is 4.74 Å². The molecule has 0 N–H and O–H groups in total. The molecule has 0 saturated heterocycles. The maximum absolute atomic E-state index is 12.6. The van der Waals surface area contributed by atoms with Gasteiger partial charge in [0, 0.05) is 0 Å². The van der Waals surface area contributed by atoms with Gasteiger partial charge in [-0.2, -0.15) is 0 Å². The molecule has 1 saturated carbocycles. The Bertz CT molecular complexity index is 985. The minimum atomic E-state index is -0.451. The molecule has 0 atom stereocenters. The summed E-state index contributed by atoms with van der Waals surface area (Å²) in [6.45, 7) is 5.09. The molecule has 1 aliphatic rings. The average molecular weight is 521 g/mol. The van der Waals surface area contributed by atoms with Crippen molar-refractivity contribution in [2.24, 2.45) is 5.92 Å². The van der Waals surface area contributed by atoms with E-state index in [4.69, 9.17) is 14.2 Å². The molecular weight excluding hydrogens is 476 g/mol. The number of benzene rings is 2. The lowest BCUT2D eigenvalue weighted by Gasteiger charge is -2.26. The van der Waals surface area contributed by atoms with E-state index in [9.17, 15) is 9.59 Å². The molecule has 0 unspecified atom stereocenters. The highest BCUT2D eigenvalue weighted by molar-refractivity contribution is 5.92. The van der Waals surface area contributed by atoms with Crippen molar-refractivity contribution < 1.29 is 23.8 Å². The van der Waals surface area contributed by atoms with E-state index in [0.717, 1.165) is 44.3 Å². The first-order valence-corrected chi connectivity index (χ1v) is 14.5. The molecule has 0 aliphatic heterocycles. The molecule has 1 aliphatic carbocycles. The Hall–Kier alpha value is -3.08. The topological polar surface area (TPSA) is 61.8 Å². The number of rotatable bonds is 15. The fraction of sp³-hybridized carbons (Fsp3) is 0.515. The number of hydrogen-bond donors (Lipinski definition) is 0. The molecule has 2 aromatic carbocycles. The number of carbonyl (C=O) groups excluding carboxylic acids is 2. The van der Waals surface area contributed by atoms with Gasteiger partial charge >= 0.3 is 11.9 Å². The fourth-order valence-electron chi connectivity index (χ4n) is 4.66. The molecule has 0 bridgehead atoms. The van der Waals surface area contributed by atoms with Crippen LogP contribution in [0.1, 0.15) is 112 Å². The quantitative estimate of drug-likeness (QED) is 0.102. The lowest BCUT2D eigenvalue weighted by atomic mass is 9.87. The predicted octanol–water partition coefficient (Wildman–Crippen LogP) is 8.72. The Morgan fingerprint density at radius 1 is 0.737 bits per heavy atom. The maximum Gasteiger partial charge on any atom is 0.343 e. The Balaban J connectivity index is 1.38. The number of esters is 2. The summed E-state index contributed by atoms with van der Waals surface area (Å²) in [5, 5.41) is 0. The second kappa shape index (κ2) is 16.7. The smallest absolute Gasteiger partial charge is 0.343 e. The summed E-state index contributed by atoms with van der Waals surface area (Å²) in [4.78, 5) is 25.1. The third kappa shape index (κ3) is 10.4. The Labute approximate surface area is 228 Å². The Morgan fingerprint density at radius 3 is 2.00 bits per heavy atom. The average Bonchev–Trinajstić information content (AvgIpc) is 2.94. The van der Waals surface area contributed by atoms with E-state index in [1.165, 1.54) is 38.5 Å². The lowest BCUT2D eigenvalue weighted by Crippen LogP contribution is -2.24. The zero-order valence-corrected chi connectivity index (χ0v) is 23.2. The van der Waals surface area contributed by atoms with Crippen molar-refractivity contribution in [1.29, 1.82) is 0 Å². The molecule has 0 spiro atoms. The van der Waals surface area contributed by atoms with Crippen LogP contribution >= 0.6 is 0 Å². The van der Waals surface area contributed by atoms with E-state index >= 15 is 0 Å². The van der Waals surface area contributed by atoms with Gasteiger partial charge in [-0.3, -0.25) is 0 Å². The van der Waals surface area contributed by atoms with E-state index < -0.39 is 5.97 Å². The van der Waals surface area contributed by atoms with Gasteiger partial charge < -0.3 is 14.2 Å². The molecular formula is C33H44O5. The number of ether oxygens (including phenoxy) is 3. The van der Waals surface area contributed by atoms with E-state index in [1.54, 1.807) is 48.5 Å². The molecule has 3 rings (SSSR count). The second-order valence-electron chi connectivity index (χ2n) is 10.2. The van der Waals surface area contributed by atoms with Crippen molar-refractivity contribution >= 4 is 11.9 Å². The van der Waals surface area contributed by atoms with Crippen molar-refractivity contribution in [3.63, 3.8) is 0 Å². The highest BCUT2D eigenvalue weighted by Gasteiger charge is 2.23. The minimum absolute atomic E-state index is 0.0337. The third-order valence-corrected chi connectivity index (χ3v) is 7.01. The van der Waals surface area contributed by atoms with Crippen LogP contribution in [0.4, 0.5) is 0 Å². The van der Waals surface area contributed by atoms with Crippen LogP contribution < -0.4 is 9.47 Å². The van der Waals surface area contributed by atoms with Crippen LogP contribution in [-0.4, -0.2) is 24.6 Å². The van der Waals surface area contributed by atoms with E-state index in [1.807, 2.05) is 0 Å². The van der Waals surface area contributed by atoms with Crippen LogP contribution in [0.15, 0.2) is 60.7 Å². The van der Waals surface area contributed by atoms with Crippen molar-refractivity contribution in [3.05, 3.63) is 71.8 Å². The van der Waals surface area contributed by atoms with Crippen molar-refractivity contribution in [1.82, 2.24) is 0 Å². The van der Waals surface area contributed by atoms with Gasteiger partial charge in [0.1, 0.15) is 17.6 Å². The molecule has 1 fully saturated rings. The summed E-state index contributed by atoms with van der Waals surface area (Å²) in [7, 11) is 0. The Morgan fingerprint density at radius 2 is 1.34 bits per heavy atom. The van der Waals surface area contributed by atoms with Gasteiger partial charge in [-0.05, 0) is 93.0 Å². The van der Waals surface area contributed by atoms with Crippen LogP contribution in [0.5, 0.6) is 11.5 Å². The Kier molecular flexibility index (Phi) is 13.0. The van der Waals surface area contributed by atoms with Gasteiger partial charge in [0.15, 0.2) is 0 Å².